The van der Waals surface area contributed by atoms with E-state index in [4.69, 9.17) is 9.47 Å². The molecule has 1 fully saturated rings. The van der Waals surface area contributed by atoms with Crippen LogP contribution in [0.2, 0.25) is 0 Å². The molecule has 2 aromatic rings. The number of methoxy groups -OCH3 is 1. The molecule has 1 N–H and O–H groups in total. The van der Waals surface area contributed by atoms with Gasteiger partial charge in [-0.25, -0.2) is 0 Å². The highest BCUT2D eigenvalue weighted by molar-refractivity contribution is 5.75. The second-order valence-electron chi connectivity index (χ2n) is 5.83. The number of carbonyl (C=O) groups excluding carboxylic acids is 1. The van der Waals surface area contributed by atoms with Gasteiger partial charge in [-0.3, -0.25) is 9.78 Å². The number of aromatic nitrogens is 1. The summed E-state index contributed by atoms with van der Waals surface area (Å²) in [6.07, 6.45) is 3.57. The monoisotopic (exact) mass is 326 g/mol. The van der Waals surface area contributed by atoms with E-state index in [2.05, 4.69) is 10.3 Å². The van der Waals surface area contributed by atoms with Crippen molar-refractivity contribution >= 4 is 5.97 Å². The summed E-state index contributed by atoms with van der Waals surface area (Å²) in [5, 5.41) is 3.48. The Labute approximate surface area is 142 Å². The van der Waals surface area contributed by atoms with Gasteiger partial charge in [0.15, 0.2) is 0 Å². The first-order chi connectivity index (χ1) is 11.7. The number of pyridine rings is 1. The van der Waals surface area contributed by atoms with Crippen LogP contribution in [0.4, 0.5) is 0 Å². The summed E-state index contributed by atoms with van der Waals surface area (Å²) in [7, 11) is 1.64. The third-order valence-electron chi connectivity index (χ3n) is 4.50. The largest absolute Gasteiger partial charge is 0.497 e. The second kappa shape index (κ2) is 7.45. The lowest BCUT2D eigenvalue weighted by Crippen LogP contribution is -2.27. The summed E-state index contributed by atoms with van der Waals surface area (Å²) in [6, 6.07) is 11.6. The van der Waals surface area contributed by atoms with Gasteiger partial charge in [0.25, 0.3) is 0 Å². The molecule has 0 aliphatic carbocycles. The molecule has 3 rings (SSSR count). The van der Waals surface area contributed by atoms with Gasteiger partial charge in [-0.15, -0.1) is 0 Å². The van der Waals surface area contributed by atoms with E-state index in [9.17, 15) is 4.79 Å². The lowest BCUT2D eigenvalue weighted by molar-refractivity contribution is -0.148. The van der Waals surface area contributed by atoms with Crippen molar-refractivity contribution in [1.82, 2.24) is 10.3 Å². The predicted molar refractivity (Wildman–Crippen MR) is 90.8 cm³/mol. The van der Waals surface area contributed by atoms with E-state index < -0.39 is 0 Å². The standard InChI is InChI=1S/C19H22N2O3/c1-3-24-19(22)17-16(14-5-4-10-20-11-14)12-21-18(17)13-6-8-15(23-2)9-7-13/h4-11,16-18,21H,3,12H2,1-2H3/t16-,17-,18+/m1/s1. The third kappa shape index (κ3) is 3.26. The van der Waals surface area contributed by atoms with Gasteiger partial charge in [-0.2, -0.15) is 0 Å². The maximum atomic E-state index is 12.6. The van der Waals surface area contributed by atoms with Crippen molar-refractivity contribution in [2.24, 2.45) is 5.92 Å². The average Bonchev–Trinajstić information content (AvgIpc) is 3.08. The first-order valence-electron chi connectivity index (χ1n) is 8.18. The molecule has 2 heterocycles. The Kier molecular flexibility index (Phi) is 5.11. The maximum Gasteiger partial charge on any atom is 0.311 e. The average molecular weight is 326 g/mol. The van der Waals surface area contributed by atoms with Crippen molar-refractivity contribution in [1.29, 1.82) is 0 Å². The number of benzene rings is 1. The van der Waals surface area contributed by atoms with Gasteiger partial charge in [-0.1, -0.05) is 18.2 Å². The maximum absolute atomic E-state index is 12.6. The fourth-order valence-electron chi connectivity index (χ4n) is 3.34. The van der Waals surface area contributed by atoms with Crippen molar-refractivity contribution in [2.45, 2.75) is 18.9 Å². The van der Waals surface area contributed by atoms with Gasteiger partial charge in [0, 0.05) is 30.9 Å². The Hall–Kier alpha value is -2.40. The van der Waals surface area contributed by atoms with Crippen LogP contribution < -0.4 is 10.1 Å². The summed E-state index contributed by atoms with van der Waals surface area (Å²) in [6.45, 7) is 2.93. The van der Waals surface area contributed by atoms with Crippen LogP contribution in [0.15, 0.2) is 48.8 Å². The van der Waals surface area contributed by atoms with Crippen LogP contribution in [0.3, 0.4) is 0 Å². The molecule has 0 unspecified atom stereocenters. The zero-order chi connectivity index (χ0) is 16.9. The molecule has 1 aliphatic heterocycles. The first kappa shape index (κ1) is 16.5. The summed E-state index contributed by atoms with van der Waals surface area (Å²) in [5.41, 5.74) is 2.11. The zero-order valence-electron chi connectivity index (χ0n) is 13.9. The molecule has 3 atom stereocenters. The fourth-order valence-corrected chi connectivity index (χ4v) is 3.34. The Morgan fingerprint density at radius 3 is 2.67 bits per heavy atom. The molecule has 1 aliphatic rings. The van der Waals surface area contributed by atoms with Crippen LogP contribution in [0.1, 0.15) is 30.0 Å². The molecule has 1 aromatic carbocycles. The van der Waals surface area contributed by atoms with Crippen molar-refractivity contribution in [2.75, 3.05) is 20.3 Å². The van der Waals surface area contributed by atoms with Crippen molar-refractivity contribution in [3.05, 3.63) is 59.9 Å². The summed E-state index contributed by atoms with van der Waals surface area (Å²) < 4.78 is 10.6. The smallest absolute Gasteiger partial charge is 0.311 e. The van der Waals surface area contributed by atoms with Gasteiger partial charge in [0.05, 0.1) is 19.6 Å². The van der Waals surface area contributed by atoms with E-state index in [1.54, 1.807) is 13.3 Å². The van der Waals surface area contributed by atoms with Gasteiger partial charge < -0.3 is 14.8 Å². The number of esters is 1. The number of hydrogen-bond acceptors (Lipinski definition) is 5. The molecule has 0 spiro atoms. The van der Waals surface area contributed by atoms with Gasteiger partial charge in [0.1, 0.15) is 5.75 Å². The van der Waals surface area contributed by atoms with Crippen molar-refractivity contribution in [3.8, 4) is 5.75 Å². The van der Waals surface area contributed by atoms with Crippen LogP contribution in [0, 0.1) is 5.92 Å². The number of carbonyl (C=O) groups is 1. The molecule has 126 valence electrons. The topological polar surface area (TPSA) is 60.5 Å². The van der Waals surface area contributed by atoms with E-state index in [1.807, 2.05) is 49.5 Å². The molecule has 0 radical (unpaired) electrons. The minimum atomic E-state index is -0.275. The number of rotatable bonds is 5. The summed E-state index contributed by atoms with van der Waals surface area (Å²) in [4.78, 5) is 16.8. The zero-order valence-corrected chi connectivity index (χ0v) is 13.9. The van der Waals surface area contributed by atoms with Crippen LogP contribution in [-0.4, -0.2) is 31.2 Å². The van der Waals surface area contributed by atoms with Gasteiger partial charge in [-0.05, 0) is 36.2 Å². The normalized spacial score (nSPS) is 23.0. The number of nitrogens with one attached hydrogen (secondary N) is 1. The van der Waals surface area contributed by atoms with E-state index in [0.29, 0.717) is 13.2 Å². The number of nitrogens with zero attached hydrogens (tertiary/aromatic N) is 1. The van der Waals surface area contributed by atoms with Crippen LogP contribution in [0.5, 0.6) is 5.75 Å². The van der Waals surface area contributed by atoms with E-state index in [0.717, 1.165) is 16.9 Å². The first-order valence-corrected chi connectivity index (χ1v) is 8.18. The third-order valence-corrected chi connectivity index (χ3v) is 4.50. The van der Waals surface area contributed by atoms with Crippen molar-refractivity contribution < 1.29 is 14.3 Å². The molecular formula is C19H22N2O3. The molecule has 1 aromatic heterocycles. The van der Waals surface area contributed by atoms with Crippen LogP contribution >= 0.6 is 0 Å². The molecule has 5 heteroatoms. The van der Waals surface area contributed by atoms with Gasteiger partial charge in [0.2, 0.25) is 0 Å². The fraction of sp³-hybridized carbons (Fsp3) is 0.368. The summed E-state index contributed by atoms with van der Waals surface area (Å²) >= 11 is 0. The highest BCUT2D eigenvalue weighted by Crippen LogP contribution is 2.40. The quantitative estimate of drug-likeness (QED) is 0.856. The molecule has 1 saturated heterocycles. The molecule has 5 nitrogen and oxygen atoms in total. The molecule has 0 amide bonds. The minimum Gasteiger partial charge on any atom is -0.497 e. The Balaban J connectivity index is 1.91. The van der Waals surface area contributed by atoms with Crippen molar-refractivity contribution in [3.63, 3.8) is 0 Å². The minimum absolute atomic E-state index is 0.0462. The van der Waals surface area contributed by atoms with Gasteiger partial charge >= 0.3 is 5.97 Å². The molecule has 0 bridgehead atoms. The van der Waals surface area contributed by atoms with Crippen LogP contribution in [-0.2, 0) is 9.53 Å². The highest BCUT2D eigenvalue weighted by Gasteiger charge is 2.43. The molecule has 0 saturated carbocycles. The number of ether oxygens (including phenoxy) is 2. The Bertz CT molecular complexity index is 673. The highest BCUT2D eigenvalue weighted by atomic mass is 16.5. The van der Waals surface area contributed by atoms with E-state index in [1.165, 1.54) is 0 Å². The Morgan fingerprint density at radius 2 is 2.04 bits per heavy atom. The lowest BCUT2D eigenvalue weighted by atomic mass is 9.83. The molecule has 24 heavy (non-hydrogen) atoms. The second-order valence-corrected chi connectivity index (χ2v) is 5.83. The Morgan fingerprint density at radius 1 is 1.25 bits per heavy atom. The van der Waals surface area contributed by atoms with E-state index >= 15 is 0 Å². The lowest BCUT2D eigenvalue weighted by Gasteiger charge is -2.23. The molecular weight excluding hydrogens is 304 g/mol. The summed E-state index contributed by atoms with van der Waals surface area (Å²) in [5.74, 6) is 0.401. The van der Waals surface area contributed by atoms with E-state index in [-0.39, 0.29) is 23.8 Å². The number of hydrogen-bond donors (Lipinski definition) is 1. The van der Waals surface area contributed by atoms with Crippen LogP contribution in [0.25, 0.3) is 0 Å². The SMILES string of the molecule is CCOC(=O)[C@@H]1[C@@H](c2cccnc2)CN[C@H]1c1ccc(OC)cc1. The predicted octanol–water partition coefficient (Wildman–Crippen LogP) is 2.70.